The van der Waals surface area contributed by atoms with Crippen LogP contribution in [0.5, 0.6) is 5.88 Å². The zero-order chi connectivity index (χ0) is 29.4. The minimum absolute atomic E-state index is 0.0509. The van der Waals surface area contributed by atoms with Gasteiger partial charge in [-0.05, 0) is 20.0 Å². The summed E-state index contributed by atoms with van der Waals surface area (Å²) in [4.78, 5) is 44.4. The number of ether oxygens (including phenoxy) is 3. The first kappa shape index (κ1) is 30.0. The average Bonchev–Trinajstić information content (AvgIpc) is 3.18. The van der Waals surface area contributed by atoms with Gasteiger partial charge in [-0.15, -0.1) is 0 Å². The molecule has 0 unspecified atom stereocenters. The zero-order valence-corrected chi connectivity index (χ0v) is 23.2. The van der Waals surface area contributed by atoms with Gasteiger partial charge >= 0.3 is 12.1 Å². The van der Waals surface area contributed by atoms with Crippen LogP contribution in [0.15, 0.2) is 24.7 Å². The molecule has 3 atom stereocenters. The molecule has 2 aliphatic rings. The van der Waals surface area contributed by atoms with E-state index in [1.807, 2.05) is 7.05 Å². The highest BCUT2D eigenvalue weighted by Crippen LogP contribution is 2.33. The van der Waals surface area contributed by atoms with Crippen molar-refractivity contribution in [3.05, 3.63) is 24.7 Å². The first-order valence-corrected chi connectivity index (χ1v) is 13.4. The molecule has 4 heterocycles. The number of halogens is 2. The van der Waals surface area contributed by atoms with Gasteiger partial charge < -0.3 is 29.3 Å². The molecular weight excluding hydrogens is 544 g/mol. The van der Waals surface area contributed by atoms with Crippen molar-refractivity contribution in [2.24, 2.45) is 0 Å². The van der Waals surface area contributed by atoms with E-state index >= 15 is 0 Å². The van der Waals surface area contributed by atoms with E-state index in [0.29, 0.717) is 32.7 Å². The standard InChI is InChI=1S/C25H35F2N9O5/c1-4-40-21-13-30-20(12-31-21)33-23(37)35(3)18-14-36(9-7-25(18,26)27)22-29-8-5-19(32-22)34-24(38)41-17-6-10-39-15-16(11-17)28-2/h5,8,12-13,16-18,28H,4,6-7,9-11,14-15H2,1-3H3,(H,30,33,37)(H,29,32,34,38)/t16-,17-,18+/m1/s1. The number of amides is 3. The number of likely N-dealkylation sites (N-methyl/N-ethyl adjacent to an activating group) is 2. The molecule has 0 saturated carbocycles. The number of nitrogens with zero attached hydrogens (tertiary/aromatic N) is 6. The maximum Gasteiger partial charge on any atom is 0.413 e. The number of carbonyl (C=O) groups excluding carboxylic acids is 2. The van der Waals surface area contributed by atoms with Crippen molar-refractivity contribution in [3.63, 3.8) is 0 Å². The smallest absolute Gasteiger partial charge is 0.413 e. The lowest BCUT2D eigenvalue weighted by Crippen LogP contribution is -2.60. The molecule has 224 valence electrons. The molecule has 0 aromatic carbocycles. The van der Waals surface area contributed by atoms with Crippen molar-refractivity contribution < 1.29 is 32.6 Å². The fraction of sp³-hybridized carbons (Fsp3) is 0.600. The predicted molar refractivity (Wildman–Crippen MR) is 144 cm³/mol. The quantitative estimate of drug-likeness (QED) is 0.422. The number of carbonyl (C=O) groups is 2. The SMILES string of the molecule is CCOc1cnc(NC(=O)N(C)[C@H]2CN(c3nccc(NC(=O)O[C@@H]4CCOC[C@H](NC)C4)n3)CCC2(F)F)cn1. The molecule has 0 bridgehead atoms. The van der Waals surface area contributed by atoms with E-state index in [1.165, 1.54) is 31.7 Å². The average molecular weight is 580 g/mol. The minimum Gasteiger partial charge on any atom is -0.477 e. The third-order valence-corrected chi connectivity index (χ3v) is 6.83. The Kier molecular flexibility index (Phi) is 9.99. The van der Waals surface area contributed by atoms with Crippen LogP contribution in [0, 0.1) is 0 Å². The number of alkyl halides is 2. The van der Waals surface area contributed by atoms with Crippen LogP contribution in [0.3, 0.4) is 0 Å². The molecule has 3 amide bonds. The Balaban J connectivity index is 1.38. The molecule has 2 fully saturated rings. The van der Waals surface area contributed by atoms with Crippen LogP contribution in [0.2, 0.25) is 0 Å². The van der Waals surface area contributed by atoms with Crippen molar-refractivity contribution in [1.29, 1.82) is 0 Å². The van der Waals surface area contributed by atoms with E-state index in [0.717, 1.165) is 4.90 Å². The van der Waals surface area contributed by atoms with Gasteiger partial charge in [0.1, 0.15) is 18.0 Å². The van der Waals surface area contributed by atoms with Gasteiger partial charge in [0.25, 0.3) is 5.92 Å². The van der Waals surface area contributed by atoms with Crippen LogP contribution >= 0.6 is 0 Å². The topological polar surface area (TPSA) is 156 Å². The molecule has 2 saturated heterocycles. The van der Waals surface area contributed by atoms with Gasteiger partial charge in [-0.25, -0.2) is 33.3 Å². The van der Waals surface area contributed by atoms with Crippen molar-refractivity contribution in [3.8, 4) is 5.88 Å². The van der Waals surface area contributed by atoms with Crippen molar-refractivity contribution >= 4 is 29.7 Å². The summed E-state index contributed by atoms with van der Waals surface area (Å²) in [5.74, 6) is -2.51. The maximum atomic E-state index is 15.0. The van der Waals surface area contributed by atoms with Crippen LogP contribution in [-0.4, -0.2) is 108 Å². The van der Waals surface area contributed by atoms with E-state index in [-0.39, 0.29) is 48.7 Å². The van der Waals surface area contributed by atoms with E-state index in [9.17, 15) is 18.4 Å². The molecule has 2 aromatic heterocycles. The molecule has 0 radical (unpaired) electrons. The number of piperidine rings is 1. The zero-order valence-electron chi connectivity index (χ0n) is 23.2. The fourth-order valence-corrected chi connectivity index (χ4v) is 4.52. The molecule has 2 aromatic rings. The highest BCUT2D eigenvalue weighted by molar-refractivity contribution is 5.88. The molecule has 4 rings (SSSR count). The Hall–Kier alpha value is -3.92. The molecule has 0 aliphatic carbocycles. The maximum absolute atomic E-state index is 15.0. The summed E-state index contributed by atoms with van der Waals surface area (Å²) in [6, 6.07) is -0.724. The minimum atomic E-state index is -3.17. The van der Waals surface area contributed by atoms with Crippen molar-refractivity contribution in [1.82, 2.24) is 30.2 Å². The van der Waals surface area contributed by atoms with Gasteiger partial charge in [0.05, 0.1) is 32.2 Å². The number of nitrogens with one attached hydrogen (secondary N) is 3. The fourth-order valence-electron chi connectivity index (χ4n) is 4.52. The molecular formula is C25H35F2N9O5. The van der Waals surface area contributed by atoms with E-state index in [2.05, 4.69) is 35.9 Å². The summed E-state index contributed by atoms with van der Waals surface area (Å²) in [7, 11) is 3.10. The Morgan fingerprint density at radius 2 is 2.05 bits per heavy atom. The highest BCUT2D eigenvalue weighted by Gasteiger charge is 2.48. The first-order valence-electron chi connectivity index (χ1n) is 13.4. The number of hydrogen-bond donors (Lipinski definition) is 3. The number of aromatic nitrogens is 4. The lowest BCUT2D eigenvalue weighted by atomic mass is 10.00. The summed E-state index contributed by atoms with van der Waals surface area (Å²) in [5, 5.41) is 8.19. The molecule has 3 N–H and O–H groups in total. The molecule has 0 spiro atoms. The van der Waals surface area contributed by atoms with Gasteiger partial charge in [-0.2, -0.15) is 4.98 Å². The summed E-state index contributed by atoms with van der Waals surface area (Å²) < 4.78 is 46.2. The van der Waals surface area contributed by atoms with E-state index in [4.69, 9.17) is 14.2 Å². The molecule has 16 heteroatoms. The Bertz CT molecular complexity index is 1180. The number of anilines is 3. The molecule has 2 aliphatic heterocycles. The van der Waals surface area contributed by atoms with E-state index < -0.39 is 30.5 Å². The summed E-state index contributed by atoms with van der Waals surface area (Å²) in [5.41, 5.74) is 0. The second-order valence-corrected chi connectivity index (χ2v) is 9.67. The summed E-state index contributed by atoms with van der Waals surface area (Å²) in [6.45, 7) is 2.92. The van der Waals surface area contributed by atoms with Crippen molar-refractivity contribution in [2.45, 2.75) is 50.3 Å². The second kappa shape index (κ2) is 13.6. The van der Waals surface area contributed by atoms with Crippen LogP contribution in [0.25, 0.3) is 0 Å². The van der Waals surface area contributed by atoms with Gasteiger partial charge in [-0.1, -0.05) is 0 Å². The van der Waals surface area contributed by atoms with Gasteiger partial charge in [-0.3, -0.25) is 10.6 Å². The number of rotatable bonds is 8. The lowest BCUT2D eigenvalue weighted by molar-refractivity contribution is -0.0760. The van der Waals surface area contributed by atoms with Crippen LogP contribution < -0.4 is 25.6 Å². The summed E-state index contributed by atoms with van der Waals surface area (Å²) >= 11 is 0. The normalized spacial score (nSPS) is 22.3. The third-order valence-electron chi connectivity index (χ3n) is 6.83. The summed E-state index contributed by atoms with van der Waals surface area (Å²) in [6.07, 6.45) is 3.64. The second-order valence-electron chi connectivity index (χ2n) is 9.67. The number of urea groups is 1. The van der Waals surface area contributed by atoms with Crippen LogP contribution in [0.4, 0.5) is 36.0 Å². The third kappa shape index (κ3) is 8.07. The number of hydrogen-bond acceptors (Lipinski definition) is 11. The van der Waals surface area contributed by atoms with Crippen LogP contribution in [-0.2, 0) is 9.47 Å². The largest absolute Gasteiger partial charge is 0.477 e. The molecule has 41 heavy (non-hydrogen) atoms. The highest BCUT2D eigenvalue weighted by atomic mass is 19.3. The monoisotopic (exact) mass is 579 g/mol. The van der Waals surface area contributed by atoms with Gasteiger partial charge in [0.2, 0.25) is 11.8 Å². The lowest BCUT2D eigenvalue weighted by Gasteiger charge is -2.42. The Morgan fingerprint density at radius 3 is 2.78 bits per heavy atom. The molecule has 14 nitrogen and oxygen atoms in total. The van der Waals surface area contributed by atoms with Crippen molar-refractivity contribution in [2.75, 3.05) is 62.5 Å². The van der Waals surface area contributed by atoms with Crippen LogP contribution in [0.1, 0.15) is 26.2 Å². The van der Waals surface area contributed by atoms with Gasteiger partial charge in [0, 0.05) is 51.6 Å². The predicted octanol–water partition coefficient (Wildman–Crippen LogP) is 2.36. The van der Waals surface area contributed by atoms with Gasteiger partial charge in [0.15, 0.2) is 5.82 Å². The first-order chi connectivity index (χ1) is 19.7. The van der Waals surface area contributed by atoms with E-state index in [1.54, 1.807) is 11.8 Å². The Morgan fingerprint density at radius 1 is 1.22 bits per heavy atom. The Labute approximate surface area is 236 Å².